The Kier molecular flexibility index (Phi) is 6.87. The van der Waals surface area contributed by atoms with Crippen molar-refractivity contribution in [2.75, 3.05) is 11.9 Å². The van der Waals surface area contributed by atoms with Gasteiger partial charge in [0, 0.05) is 23.2 Å². The number of hydrogen-bond donors (Lipinski definition) is 1. The standard InChI is InChI=1S/C28H28N4O2/c1-20(2)31(28(34)23-12-8-5-9-13-23)19-27(33)29-26-18-25(22-10-6-4-7-11-22)30-32(26)24-16-14-21(3)15-17-24/h4-18,20H,19H2,1-3H3,(H,29,33). The van der Waals surface area contributed by atoms with E-state index in [4.69, 9.17) is 5.10 Å². The minimum absolute atomic E-state index is 0.0643. The third-order valence-electron chi connectivity index (χ3n) is 5.54. The van der Waals surface area contributed by atoms with Gasteiger partial charge in [0.1, 0.15) is 12.4 Å². The van der Waals surface area contributed by atoms with Crippen LogP contribution < -0.4 is 5.32 Å². The van der Waals surface area contributed by atoms with Crippen LogP contribution >= 0.6 is 0 Å². The predicted octanol–water partition coefficient (Wildman–Crippen LogP) is 5.34. The molecule has 4 rings (SSSR count). The number of benzene rings is 3. The Morgan fingerprint density at radius 2 is 1.53 bits per heavy atom. The normalized spacial score (nSPS) is 10.8. The average Bonchev–Trinajstić information content (AvgIpc) is 3.27. The van der Waals surface area contributed by atoms with E-state index in [1.807, 2.05) is 99.6 Å². The van der Waals surface area contributed by atoms with Crippen LogP contribution in [0.3, 0.4) is 0 Å². The zero-order valence-corrected chi connectivity index (χ0v) is 19.6. The van der Waals surface area contributed by atoms with Crippen LogP contribution in [0.25, 0.3) is 16.9 Å². The smallest absolute Gasteiger partial charge is 0.254 e. The molecule has 0 aliphatic carbocycles. The van der Waals surface area contributed by atoms with E-state index >= 15 is 0 Å². The van der Waals surface area contributed by atoms with Crippen molar-refractivity contribution in [2.45, 2.75) is 26.8 Å². The molecule has 0 saturated heterocycles. The Morgan fingerprint density at radius 1 is 0.912 bits per heavy atom. The summed E-state index contributed by atoms with van der Waals surface area (Å²) in [6.07, 6.45) is 0. The van der Waals surface area contributed by atoms with Gasteiger partial charge in [0.15, 0.2) is 0 Å². The van der Waals surface area contributed by atoms with Crippen molar-refractivity contribution >= 4 is 17.6 Å². The molecule has 34 heavy (non-hydrogen) atoms. The van der Waals surface area contributed by atoms with Crippen LogP contribution in [0.4, 0.5) is 5.82 Å². The highest BCUT2D eigenvalue weighted by atomic mass is 16.2. The van der Waals surface area contributed by atoms with Gasteiger partial charge in [-0.05, 0) is 45.0 Å². The van der Waals surface area contributed by atoms with Gasteiger partial charge < -0.3 is 10.2 Å². The molecule has 6 nitrogen and oxygen atoms in total. The first kappa shape index (κ1) is 23.0. The average molecular weight is 453 g/mol. The third kappa shape index (κ3) is 5.23. The number of aryl methyl sites for hydroxylation is 1. The highest BCUT2D eigenvalue weighted by Crippen LogP contribution is 2.25. The maximum Gasteiger partial charge on any atom is 0.254 e. The molecule has 0 fully saturated rings. The molecule has 0 saturated carbocycles. The van der Waals surface area contributed by atoms with Gasteiger partial charge in [0.25, 0.3) is 5.91 Å². The van der Waals surface area contributed by atoms with Crippen molar-refractivity contribution in [1.29, 1.82) is 0 Å². The second-order valence-electron chi connectivity index (χ2n) is 8.47. The maximum atomic E-state index is 13.1. The van der Waals surface area contributed by atoms with Gasteiger partial charge in [-0.1, -0.05) is 66.2 Å². The first-order chi connectivity index (χ1) is 16.4. The van der Waals surface area contributed by atoms with E-state index in [1.165, 1.54) is 0 Å². The van der Waals surface area contributed by atoms with E-state index in [9.17, 15) is 9.59 Å². The summed E-state index contributed by atoms with van der Waals surface area (Å²) in [4.78, 5) is 27.7. The molecular formula is C28H28N4O2. The molecule has 172 valence electrons. The second kappa shape index (κ2) is 10.2. The number of carbonyl (C=O) groups excluding carboxylic acids is 2. The summed E-state index contributed by atoms with van der Waals surface area (Å²) in [5.41, 5.74) is 4.23. The molecule has 0 aliphatic heterocycles. The summed E-state index contributed by atoms with van der Waals surface area (Å²) in [6, 6.07) is 28.5. The fourth-order valence-corrected chi connectivity index (χ4v) is 3.68. The van der Waals surface area contributed by atoms with Crippen LogP contribution in [0, 0.1) is 6.92 Å². The topological polar surface area (TPSA) is 67.2 Å². The second-order valence-corrected chi connectivity index (χ2v) is 8.47. The Balaban J connectivity index is 1.61. The van der Waals surface area contributed by atoms with Crippen LogP contribution in [0.1, 0.15) is 29.8 Å². The van der Waals surface area contributed by atoms with Gasteiger partial charge in [-0.2, -0.15) is 5.10 Å². The molecule has 0 aliphatic rings. The monoisotopic (exact) mass is 452 g/mol. The minimum Gasteiger partial charge on any atom is -0.327 e. The third-order valence-corrected chi connectivity index (χ3v) is 5.54. The fraction of sp³-hybridized carbons (Fsp3) is 0.179. The van der Waals surface area contributed by atoms with E-state index in [-0.39, 0.29) is 24.4 Å². The molecular weight excluding hydrogens is 424 g/mol. The van der Waals surface area contributed by atoms with Crippen molar-refractivity contribution in [3.05, 3.63) is 102 Å². The van der Waals surface area contributed by atoms with Gasteiger partial charge in [-0.25, -0.2) is 4.68 Å². The summed E-state index contributed by atoms with van der Waals surface area (Å²) in [5, 5.41) is 7.72. The molecule has 1 heterocycles. The highest BCUT2D eigenvalue weighted by molar-refractivity contribution is 5.99. The van der Waals surface area contributed by atoms with Gasteiger partial charge in [0.05, 0.1) is 11.4 Å². The first-order valence-electron chi connectivity index (χ1n) is 11.3. The Labute approximate surface area is 199 Å². The Bertz CT molecular complexity index is 1260. The van der Waals surface area contributed by atoms with Crippen LogP contribution in [-0.4, -0.2) is 39.1 Å². The number of anilines is 1. The van der Waals surface area contributed by atoms with Crippen LogP contribution in [0.5, 0.6) is 0 Å². The van der Waals surface area contributed by atoms with Gasteiger partial charge >= 0.3 is 0 Å². The summed E-state index contributed by atoms with van der Waals surface area (Å²) < 4.78 is 1.72. The van der Waals surface area contributed by atoms with Gasteiger partial charge in [0.2, 0.25) is 5.91 Å². The largest absolute Gasteiger partial charge is 0.327 e. The molecule has 0 bridgehead atoms. The van der Waals surface area contributed by atoms with Gasteiger partial charge in [-0.3, -0.25) is 9.59 Å². The molecule has 1 aromatic heterocycles. The Hall–Kier alpha value is -4.19. The predicted molar refractivity (Wildman–Crippen MR) is 135 cm³/mol. The molecule has 6 heteroatoms. The SMILES string of the molecule is Cc1ccc(-n2nc(-c3ccccc3)cc2NC(=O)CN(C(=O)c2ccccc2)C(C)C)cc1. The molecule has 0 spiro atoms. The molecule has 1 N–H and O–H groups in total. The summed E-state index contributed by atoms with van der Waals surface area (Å²) in [6.45, 7) is 5.76. The lowest BCUT2D eigenvalue weighted by Gasteiger charge is -2.26. The lowest BCUT2D eigenvalue weighted by Crippen LogP contribution is -2.42. The molecule has 0 radical (unpaired) electrons. The van der Waals surface area contributed by atoms with E-state index in [1.54, 1.807) is 21.7 Å². The number of nitrogens with one attached hydrogen (secondary N) is 1. The summed E-state index contributed by atoms with van der Waals surface area (Å²) in [7, 11) is 0. The van der Waals surface area contributed by atoms with Crippen LogP contribution in [-0.2, 0) is 4.79 Å². The number of carbonyl (C=O) groups is 2. The number of rotatable bonds is 7. The quantitative estimate of drug-likeness (QED) is 0.412. The fourth-order valence-electron chi connectivity index (χ4n) is 3.68. The lowest BCUT2D eigenvalue weighted by molar-refractivity contribution is -0.117. The van der Waals surface area contributed by atoms with E-state index in [0.717, 1.165) is 22.5 Å². The van der Waals surface area contributed by atoms with Crippen molar-refractivity contribution in [2.24, 2.45) is 0 Å². The summed E-state index contributed by atoms with van der Waals surface area (Å²) >= 11 is 0. The Morgan fingerprint density at radius 3 is 2.15 bits per heavy atom. The van der Waals surface area contributed by atoms with Crippen molar-refractivity contribution in [1.82, 2.24) is 14.7 Å². The van der Waals surface area contributed by atoms with E-state index < -0.39 is 0 Å². The molecule has 0 unspecified atom stereocenters. The van der Waals surface area contributed by atoms with Crippen LogP contribution in [0.2, 0.25) is 0 Å². The zero-order chi connectivity index (χ0) is 24.1. The number of hydrogen-bond acceptors (Lipinski definition) is 3. The maximum absolute atomic E-state index is 13.1. The van der Waals surface area contributed by atoms with Crippen molar-refractivity contribution in [3.8, 4) is 16.9 Å². The molecule has 2 amide bonds. The van der Waals surface area contributed by atoms with Crippen molar-refractivity contribution in [3.63, 3.8) is 0 Å². The van der Waals surface area contributed by atoms with Crippen LogP contribution in [0.15, 0.2) is 91.0 Å². The summed E-state index contributed by atoms with van der Waals surface area (Å²) in [5.74, 6) is 0.0807. The minimum atomic E-state index is -0.286. The van der Waals surface area contributed by atoms with Crippen molar-refractivity contribution < 1.29 is 9.59 Å². The molecule has 0 atom stereocenters. The first-order valence-corrected chi connectivity index (χ1v) is 11.3. The number of amides is 2. The van der Waals surface area contributed by atoms with E-state index in [2.05, 4.69) is 5.32 Å². The number of nitrogens with zero attached hydrogens (tertiary/aromatic N) is 3. The molecule has 4 aromatic rings. The molecule has 3 aromatic carbocycles. The zero-order valence-electron chi connectivity index (χ0n) is 19.6. The van der Waals surface area contributed by atoms with E-state index in [0.29, 0.717) is 11.4 Å². The lowest BCUT2D eigenvalue weighted by atomic mass is 10.1. The number of aromatic nitrogens is 2. The highest BCUT2D eigenvalue weighted by Gasteiger charge is 2.22. The van der Waals surface area contributed by atoms with Gasteiger partial charge in [-0.15, -0.1) is 0 Å².